The maximum atomic E-state index is 13.5. The maximum absolute atomic E-state index is 13.5. The normalized spacial score (nSPS) is 11.5. The fraction of sp³-hybridized carbons (Fsp3) is 0.0455. The van der Waals surface area contributed by atoms with Crippen LogP contribution in [0.1, 0.15) is 5.56 Å². The van der Waals surface area contributed by atoms with Crippen molar-refractivity contribution in [2.45, 2.75) is 6.92 Å². The number of anilines is 2. The molecule has 0 aliphatic heterocycles. The van der Waals surface area contributed by atoms with Gasteiger partial charge in [0.25, 0.3) is 0 Å². The van der Waals surface area contributed by atoms with E-state index >= 15 is 0 Å². The third kappa shape index (κ3) is 3.52. The summed E-state index contributed by atoms with van der Waals surface area (Å²) in [5.74, 6) is 0.907. The number of aryl methyl sites for hydroxylation is 1. The molecule has 0 unspecified atom stereocenters. The molecule has 6 rings (SSSR count). The summed E-state index contributed by atoms with van der Waals surface area (Å²) in [4.78, 5) is 9.69. The first-order valence-electron chi connectivity index (χ1n) is 9.82. The predicted molar refractivity (Wildman–Crippen MR) is 129 cm³/mol. The van der Waals surface area contributed by atoms with Crippen molar-refractivity contribution in [2.75, 3.05) is 5.32 Å². The van der Waals surface area contributed by atoms with Crippen molar-refractivity contribution in [2.24, 2.45) is 0 Å². The van der Waals surface area contributed by atoms with Crippen LogP contribution in [-0.4, -0.2) is 44.3 Å². The van der Waals surface area contributed by atoms with Crippen molar-refractivity contribution < 1.29 is 4.39 Å². The van der Waals surface area contributed by atoms with Crippen LogP contribution >= 0.6 is 22.9 Å². The van der Waals surface area contributed by atoms with Crippen LogP contribution in [0.4, 0.5) is 15.9 Å². The molecule has 2 aromatic carbocycles. The molecule has 0 spiro atoms. The minimum atomic E-state index is -0.463. The minimum absolute atomic E-state index is 0.0462. The number of aromatic nitrogens is 6. The van der Waals surface area contributed by atoms with E-state index in [1.54, 1.807) is 16.6 Å². The van der Waals surface area contributed by atoms with Gasteiger partial charge in [0.1, 0.15) is 0 Å². The number of hydrogen-bond acceptors (Lipinski definition) is 7. The Bertz CT molecular complexity index is 1640. The molecule has 7 nitrogen and oxygen atoms in total. The van der Waals surface area contributed by atoms with Crippen LogP contribution in [0.2, 0.25) is 5.02 Å². The van der Waals surface area contributed by atoms with E-state index in [2.05, 4.69) is 32.4 Å². The Labute approximate surface area is 201 Å². The van der Waals surface area contributed by atoms with E-state index in [9.17, 15) is 4.39 Å². The van der Waals surface area contributed by atoms with Crippen molar-refractivity contribution in [3.63, 3.8) is 0 Å². The van der Waals surface area contributed by atoms with Crippen LogP contribution in [0, 0.1) is 12.7 Å². The van der Waals surface area contributed by atoms with Crippen LogP contribution < -0.4 is 5.32 Å². The fourth-order valence-corrected chi connectivity index (χ4v) is 7.21. The number of fused-ring (bicyclic) bond motifs is 2. The zero-order valence-corrected chi connectivity index (χ0v) is 20.2. The summed E-state index contributed by atoms with van der Waals surface area (Å²) in [5.41, 5.74) is 2.68. The Balaban J connectivity index is 1.44. The topological polar surface area (TPSA) is 80.9 Å². The van der Waals surface area contributed by atoms with E-state index in [4.69, 9.17) is 16.7 Å². The second kappa shape index (κ2) is 8.00. The van der Waals surface area contributed by atoms with Gasteiger partial charge in [0.05, 0.1) is 0 Å². The monoisotopic (exact) mass is 541 g/mol. The molecule has 0 amide bonds. The average Bonchev–Trinajstić information content (AvgIpc) is 3.50. The summed E-state index contributed by atoms with van der Waals surface area (Å²) in [7, 11) is 0. The van der Waals surface area contributed by atoms with Crippen LogP contribution in [0.3, 0.4) is 0 Å². The van der Waals surface area contributed by atoms with E-state index in [-0.39, 0.29) is 19.5 Å². The molecule has 4 heterocycles. The molecular formula is C22H13ClFN7SSe. The van der Waals surface area contributed by atoms with Gasteiger partial charge in [-0.2, -0.15) is 0 Å². The number of nitrogens with zero attached hydrogens (tertiary/aromatic N) is 6. The third-order valence-corrected chi connectivity index (χ3v) is 9.16. The zero-order valence-electron chi connectivity index (χ0n) is 17.0. The van der Waals surface area contributed by atoms with E-state index in [1.165, 1.54) is 23.7 Å². The van der Waals surface area contributed by atoms with E-state index in [1.807, 2.05) is 30.3 Å². The molecule has 0 fully saturated rings. The van der Waals surface area contributed by atoms with Crippen molar-refractivity contribution in [1.29, 1.82) is 0 Å². The van der Waals surface area contributed by atoms with Crippen LogP contribution in [0.15, 0.2) is 54.9 Å². The standard InChI is InChI=1S/C22H13ClFN7SSe/c1-11-16-18(27-13-7-8-15(24)14(23)9-13)25-10-26-21(16)33-17(11)20-30-31-19(28-29-22(31)32-20)12-5-3-2-4-6-12/h2-10H,1H3,(H,25,26,27). The van der Waals surface area contributed by atoms with Crippen LogP contribution in [0.25, 0.3) is 35.6 Å². The molecule has 0 bridgehead atoms. The van der Waals surface area contributed by atoms with E-state index in [0.717, 1.165) is 35.3 Å². The number of rotatable bonds is 4. The van der Waals surface area contributed by atoms with Gasteiger partial charge in [-0.05, 0) is 0 Å². The molecule has 0 saturated heterocycles. The Hall–Kier alpha value is -3.17. The summed E-state index contributed by atoms with van der Waals surface area (Å²) in [6, 6.07) is 14.4. The summed E-state index contributed by atoms with van der Waals surface area (Å²) >= 11 is 7.40. The third-order valence-electron chi connectivity index (χ3n) is 5.13. The number of benzene rings is 2. The van der Waals surface area contributed by atoms with Crippen molar-refractivity contribution in [3.05, 3.63) is 71.3 Å². The summed E-state index contributed by atoms with van der Waals surface area (Å²) in [6.45, 7) is 2.05. The fourth-order valence-electron chi connectivity index (χ4n) is 3.56. The van der Waals surface area contributed by atoms with Gasteiger partial charge in [0.15, 0.2) is 0 Å². The molecule has 4 aromatic heterocycles. The van der Waals surface area contributed by atoms with Crippen molar-refractivity contribution in [1.82, 2.24) is 29.8 Å². The van der Waals surface area contributed by atoms with Crippen molar-refractivity contribution in [3.8, 4) is 20.8 Å². The Morgan fingerprint density at radius 3 is 2.76 bits per heavy atom. The van der Waals surface area contributed by atoms with Gasteiger partial charge in [0, 0.05) is 0 Å². The molecule has 0 atom stereocenters. The van der Waals surface area contributed by atoms with Crippen molar-refractivity contribution >= 4 is 63.7 Å². The second-order valence-corrected chi connectivity index (χ2v) is 10.7. The zero-order chi connectivity index (χ0) is 22.5. The second-order valence-electron chi connectivity index (χ2n) is 7.20. The van der Waals surface area contributed by atoms with Crippen LogP contribution in [-0.2, 0) is 0 Å². The summed E-state index contributed by atoms with van der Waals surface area (Å²) in [6.07, 6.45) is 1.54. The van der Waals surface area contributed by atoms with Gasteiger partial charge in [-0.15, -0.1) is 0 Å². The van der Waals surface area contributed by atoms with E-state index in [0.29, 0.717) is 17.3 Å². The molecule has 33 heavy (non-hydrogen) atoms. The molecular weight excluding hydrogens is 528 g/mol. The predicted octanol–water partition coefficient (Wildman–Crippen LogP) is 5.36. The van der Waals surface area contributed by atoms with Gasteiger partial charge in [-0.3, -0.25) is 0 Å². The Morgan fingerprint density at radius 2 is 1.94 bits per heavy atom. The van der Waals surface area contributed by atoms with Crippen LogP contribution in [0.5, 0.6) is 0 Å². The number of nitrogens with one attached hydrogen (secondary N) is 1. The van der Waals surface area contributed by atoms with Gasteiger partial charge < -0.3 is 0 Å². The molecule has 6 aromatic rings. The Kier molecular flexibility index (Phi) is 4.95. The first-order chi connectivity index (χ1) is 16.1. The molecule has 0 aliphatic carbocycles. The number of halogens is 2. The molecule has 0 saturated carbocycles. The average molecular weight is 541 g/mol. The first kappa shape index (κ1) is 20.4. The molecule has 0 aliphatic rings. The quantitative estimate of drug-likeness (QED) is 0.303. The molecule has 11 heteroatoms. The summed E-state index contributed by atoms with van der Waals surface area (Å²) < 4.78 is 17.4. The first-order valence-corrected chi connectivity index (χ1v) is 12.7. The molecule has 1 N–H and O–H groups in total. The van der Waals surface area contributed by atoms with Gasteiger partial charge >= 0.3 is 202 Å². The molecule has 162 valence electrons. The number of hydrogen-bond donors (Lipinski definition) is 1. The summed E-state index contributed by atoms with van der Waals surface area (Å²) in [5, 5.41) is 18.6. The van der Waals surface area contributed by atoms with Gasteiger partial charge in [0.2, 0.25) is 0 Å². The van der Waals surface area contributed by atoms with Gasteiger partial charge in [-0.1, -0.05) is 0 Å². The van der Waals surface area contributed by atoms with E-state index < -0.39 is 5.82 Å². The SMILES string of the molecule is Cc1c(-c2nn3c(-c4ccccc4)nnc3s2)[se]c2ncnc(Nc3ccc(F)c(Cl)c3)c12. The molecule has 0 radical (unpaired) electrons. The Morgan fingerprint density at radius 1 is 1.09 bits per heavy atom. The van der Waals surface area contributed by atoms with Gasteiger partial charge in [-0.25, -0.2) is 0 Å².